The van der Waals surface area contributed by atoms with Crippen LogP contribution in [0, 0.1) is 0 Å². The standard InChI is InChI=1S/C6H16N2O3S2.ClH/c7-3-1-2-4-8-5-6-12-13(9,10)11;/h8H,1-7H2,(H,9,10,11);1H. The maximum atomic E-state index is 10.2. The maximum absolute atomic E-state index is 10.2. The molecule has 8 heteroatoms. The highest BCUT2D eigenvalue weighted by Gasteiger charge is 2.02. The number of halogens is 1. The fraction of sp³-hybridized carbons (Fsp3) is 1.00. The highest BCUT2D eigenvalue weighted by Crippen LogP contribution is 2.06. The first-order valence-electron chi connectivity index (χ1n) is 4.09. The molecule has 0 bridgehead atoms. The molecule has 88 valence electrons. The van der Waals surface area contributed by atoms with Gasteiger partial charge in [-0.05, 0) is 36.7 Å². The Morgan fingerprint density at radius 1 is 1.29 bits per heavy atom. The van der Waals surface area contributed by atoms with Crippen LogP contribution in [0.3, 0.4) is 0 Å². The molecule has 0 saturated heterocycles. The third-order valence-electron chi connectivity index (χ3n) is 1.32. The Kier molecular flexibility index (Phi) is 12.1. The van der Waals surface area contributed by atoms with Crippen LogP contribution in [-0.2, 0) is 9.15 Å². The van der Waals surface area contributed by atoms with E-state index in [0.717, 1.165) is 19.4 Å². The van der Waals surface area contributed by atoms with Gasteiger partial charge in [-0.3, -0.25) is 4.55 Å². The molecule has 0 aromatic carbocycles. The van der Waals surface area contributed by atoms with Crippen LogP contribution >= 0.6 is 23.2 Å². The van der Waals surface area contributed by atoms with Crippen molar-refractivity contribution in [3.8, 4) is 0 Å². The van der Waals surface area contributed by atoms with Gasteiger partial charge in [0.25, 0.3) is 0 Å². The fourth-order valence-corrected chi connectivity index (χ4v) is 2.06. The summed E-state index contributed by atoms with van der Waals surface area (Å²) in [4.78, 5) is 0. The third kappa shape index (κ3) is 15.0. The summed E-state index contributed by atoms with van der Waals surface area (Å²) in [5.41, 5.74) is 5.28. The molecule has 14 heavy (non-hydrogen) atoms. The van der Waals surface area contributed by atoms with Crippen LogP contribution in [0.1, 0.15) is 12.8 Å². The Balaban J connectivity index is 0. The number of nitrogens with two attached hydrogens (primary N) is 1. The minimum absolute atomic E-state index is 0. The van der Waals surface area contributed by atoms with Gasteiger partial charge >= 0.3 is 9.15 Å². The summed E-state index contributed by atoms with van der Waals surface area (Å²) in [6.45, 7) is 2.10. The predicted molar refractivity (Wildman–Crippen MR) is 62.4 cm³/mol. The van der Waals surface area contributed by atoms with Crippen molar-refractivity contribution in [1.29, 1.82) is 0 Å². The maximum Gasteiger partial charge on any atom is 0.319 e. The molecule has 4 N–H and O–H groups in total. The lowest BCUT2D eigenvalue weighted by atomic mass is 10.3. The highest BCUT2D eigenvalue weighted by atomic mass is 35.5. The lowest BCUT2D eigenvalue weighted by Crippen LogP contribution is -2.19. The molecule has 0 atom stereocenters. The van der Waals surface area contributed by atoms with E-state index in [9.17, 15) is 8.42 Å². The minimum Gasteiger partial charge on any atom is -0.330 e. The average molecular weight is 265 g/mol. The molecule has 0 aliphatic carbocycles. The van der Waals surface area contributed by atoms with E-state index in [1.165, 1.54) is 0 Å². The predicted octanol–water partition coefficient (Wildman–Crippen LogP) is 0.273. The average Bonchev–Trinajstić information content (AvgIpc) is 2.01. The van der Waals surface area contributed by atoms with Gasteiger partial charge in [0.1, 0.15) is 0 Å². The van der Waals surface area contributed by atoms with Crippen LogP contribution in [-0.4, -0.2) is 38.4 Å². The van der Waals surface area contributed by atoms with E-state index in [-0.39, 0.29) is 12.4 Å². The molecule has 0 saturated carbocycles. The summed E-state index contributed by atoms with van der Waals surface area (Å²) in [5.74, 6) is 0.363. The van der Waals surface area contributed by atoms with E-state index in [1.54, 1.807) is 0 Å². The van der Waals surface area contributed by atoms with Crippen molar-refractivity contribution in [1.82, 2.24) is 5.32 Å². The van der Waals surface area contributed by atoms with Gasteiger partial charge in [0.15, 0.2) is 0 Å². The summed E-state index contributed by atoms with van der Waals surface area (Å²) in [5, 5.41) is 3.04. The molecular weight excluding hydrogens is 248 g/mol. The lowest BCUT2D eigenvalue weighted by molar-refractivity contribution is 0.503. The Labute approximate surface area is 94.8 Å². The molecule has 0 amide bonds. The first-order chi connectivity index (χ1) is 6.06. The van der Waals surface area contributed by atoms with Crippen molar-refractivity contribution in [2.45, 2.75) is 12.8 Å². The van der Waals surface area contributed by atoms with E-state index in [1.807, 2.05) is 0 Å². The molecule has 0 radical (unpaired) electrons. The van der Waals surface area contributed by atoms with Crippen molar-refractivity contribution in [3.63, 3.8) is 0 Å². The van der Waals surface area contributed by atoms with E-state index >= 15 is 0 Å². The van der Waals surface area contributed by atoms with E-state index < -0.39 is 9.15 Å². The van der Waals surface area contributed by atoms with Gasteiger partial charge in [-0.2, -0.15) is 8.42 Å². The summed E-state index contributed by atoms with van der Waals surface area (Å²) < 4.78 is 28.8. The normalized spacial score (nSPS) is 11.0. The number of nitrogens with one attached hydrogen (secondary N) is 1. The van der Waals surface area contributed by atoms with Gasteiger partial charge in [-0.25, -0.2) is 0 Å². The molecule has 5 nitrogen and oxygen atoms in total. The molecule has 0 heterocycles. The highest BCUT2D eigenvalue weighted by molar-refractivity contribution is 8.69. The topological polar surface area (TPSA) is 92.4 Å². The van der Waals surface area contributed by atoms with Crippen LogP contribution in [0.15, 0.2) is 0 Å². The Bertz CT molecular complexity index is 211. The summed E-state index contributed by atoms with van der Waals surface area (Å²) >= 11 is 0. The smallest absolute Gasteiger partial charge is 0.319 e. The van der Waals surface area contributed by atoms with Crippen LogP contribution < -0.4 is 11.1 Å². The van der Waals surface area contributed by atoms with E-state index in [4.69, 9.17) is 10.3 Å². The zero-order chi connectivity index (χ0) is 10.2. The van der Waals surface area contributed by atoms with Crippen LogP contribution in [0.25, 0.3) is 0 Å². The summed E-state index contributed by atoms with van der Waals surface area (Å²) in [7, 11) is -3.33. The first kappa shape index (κ1) is 16.9. The van der Waals surface area contributed by atoms with E-state index in [0.29, 0.717) is 29.6 Å². The number of rotatable bonds is 8. The Hall–Kier alpha value is 0.470. The zero-order valence-electron chi connectivity index (χ0n) is 7.81. The third-order valence-corrected chi connectivity index (χ3v) is 3.38. The second-order valence-corrected chi connectivity index (χ2v) is 5.97. The number of hydrogen-bond donors (Lipinski definition) is 3. The largest absolute Gasteiger partial charge is 0.330 e. The SMILES string of the molecule is Cl.NCCCCNCCSS(=O)(=O)O. The van der Waals surface area contributed by atoms with Crippen molar-refractivity contribution >= 4 is 32.4 Å². The zero-order valence-corrected chi connectivity index (χ0v) is 10.3. The van der Waals surface area contributed by atoms with Crippen molar-refractivity contribution in [3.05, 3.63) is 0 Å². The molecule has 0 spiro atoms. The number of hydrogen-bond acceptors (Lipinski definition) is 5. The molecule has 0 aliphatic heterocycles. The van der Waals surface area contributed by atoms with Crippen molar-refractivity contribution < 1.29 is 13.0 Å². The molecule has 0 fully saturated rings. The summed E-state index contributed by atoms with van der Waals surface area (Å²) in [6, 6.07) is 0. The monoisotopic (exact) mass is 264 g/mol. The van der Waals surface area contributed by atoms with Crippen LogP contribution in [0.4, 0.5) is 0 Å². The van der Waals surface area contributed by atoms with Gasteiger partial charge in [-0.15, -0.1) is 12.4 Å². The second-order valence-electron chi connectivity index (χ2n) is 2.50. The van der Waals surface area contributed by atoms with E-state index in [2.05, 4.69) is 5.32 Å². The van der Waals surface area contributed by atoms with Gasteiger partial charge in [-0.1, -0.05) is 0 Å². The quantitative estimate of drug-likeness (QED) is 0.331. The second kappa shape index (κ2) is 10.0. The van der Waals surface area contributed by atoms with Gasteiger partial charge in [0.2, 0.25) is 0 Å². The number of unbranched alkanes of at least 4 members (excludes halogenated alkanes) is 1. The summed E-state index contributed by atoms with van der Waals surface area (Å²) in [6.07, 6.45) is 1.96. The lowest BCUT2D eigenvalue weighted by Gasteiger charge is -2.01. The van der Waals surface area contributed by atoms with Crippen molar-refractivity contribution in [2.24, 2.45) is 5.73 Å². The molecule has 0 aliphatic rings. The van der Waals surface area contributed by atoms with Gasteiger partial charge in [0.05, 0.1) is 0 Å². The Morgan fingerprint density at radius 3 is 2.43 bits per heavy atom. The molecular formula is C6H17ClN2O3S2. The van der Waals surface area contributed by atoms with Gasteiger partial charge in [0, 0.05) is 12.3 Å². The van der Waals surface area contributed by atoms with Gasteiger partial charge < -0.3 is 11.1 Å². The molecule has 0 unspecified atom stereocenters. The van der Waals surface area contributed by atoms with Crippen LogP contribution in [0.2, 0.25) is 0 Å². The first-order valence-corrected chi connectivity index (χ1v) is 7.03. The van der Waals surface area contributed by atoms with Crippen molar-refractivity contribution in [2.75, 3.05) is 25.4 Å². The molecule has 0 rings (SSSR count). The molecule has 0 aromatic heterocycles. The molecule has 0 aromatic rings. The fourth-order valence-electron chi connectivity index (χ4n) is 0.738. The minimum atomic E-state index is -3.86. The Morgan fingerprint density at radius 2 is 1.93 bits per heavy atom. The van der Waals surface area contributed by atoms with Crippen LogP contribution in [0.5, 0.6) is 0 Å².